The zero-order chi connectivity index (χ0) is 13.0. The molecule has 1 rings (SSSR count). The molecule has 17 heavy (non-hydrogen) atoms. The van der Waals surface area contributed by atoms with Gasteiger partial charge in [0.1, 0.15) is 5.78 Å². The van der Waals surface area contributed by atoms with Crippen molar-refractivity contribution in [1.29, 1.82) is 0 Å². The number of halogens is 3. The summed E-state index contributed by atoms with van der Waals surface area (Å²) in [6.45, 7) is 3.97. The largest absolute Gasteiger partial charge is 0.298 e. The van der Waals surface area contributed by atoms with Crippen molar-refractivity contribution in [2.45, 2.75) is 37.9 Å². The van der Waals surface area contributed by atoms with Gasteiger partial charge in [-0.25, -0.2) is 0 Å². The molecule has 0 bridgehead atoms. The highest BCUT2D eigenvalue weighted by Crippen LogP contribution is 2.27. The third-order valence-corrected chi connectivity index (χ3v) is 4.55. The maximum Gasteiger partial charge on any atom is 0.146 e. The summed E-state index contributed by atoms with van der Waals surface area (Å²) in [5.74, 6) is 0.246. The lowest BCUT2D eigenvalue weighted by atomic mass is 10.0. The van der Waals surface area contributed by atoms with Crippen LogP contribution in [0.4, 0.5) is 0 Å². The van der Waals surface area contributed by atoms with Crippen LogP contribution in [-0.2, 0) is 11.2 Å². The van der Waals surface area contributed by atoms with Crippen molar-refractivity contribution >= 4 is 49.2 Å². The quantitative estimate of drug-likeness (QED) is 0.649. The first kappa shape index (κ1) is 15.2. The monoisotopic (exact) mass is 380 g/mol. The minimum atomic E-state index is -0.127. The number of benzene rings is 1. The molecule has 0 radical (unpaired) electrons. The number of hydrogen-bond donors (Lipinski definition) is 0. The summed E-state index contributed by atoms with van der Waals surface area (Å²) in [7, 11) is 0. The summed E-state index contributed by atoms with van der Waals surface area (Å²) in [4.78, 5) is 11.6. The summed E-state index contributed by atoms with van der Waals surface area (Å²) in [5.41, 5.74) is 2.10. The van der Waals surface area contributed by atoms with Crippen molar-refractivity contribution in [3.05, 3.63) is 32.8 Å². The third-order valence-electron chi connectivity index (χ3n) is 2.57. The summed E-state index contributed by atoms with van der Waals surface area (Å²) in [6, 6.07) is 3.91. The molecule has 0 N–H and O–H groups in total. The molecule has 0 heterocycles. The molecule has 0 aliphatic rings. The van der Waals surface area contributed by atoms with E-state index in [1.807, 2.05) is 26.0 Å². The molecule has 4 heteroatoms. The standard InChI is InChI=1S/C13H15Br2ClO/c1-3-4-13(17)11(15)6-9-7-12(16)8(2)5-10(9)14/h5,7,11H,3-4,6H2,1-2H3. The fraction of sp³-hybridized carbons (Fsp3) is 0.462. The van der Waals surface area contributed by atoms with Gasteiger partial charge in [0, 0.05) is 15.9 Å². The first-order valence-electron chi connectivity index (χ1n) is 5.57. The molecule has 0 spiro atoms. The smallest absolute Gasteiger partial charge is 0.146 e. The zero-order valence-corrected chi connectivity index (χ0v) is 13.8. The van der Waals surface area contributed by atoms with Gasteiger partial charge in [0.2, 0.25) is 0 Å². The van der Waals surface area contributed by atoms with Gasteiger partial charge in [-0.2, -0.15) is 0 Å². The van der Waals surface area contributed by atoms with Crippen LogP contribution in [0.25, 0.3) is 0 Å². The Morgan fingerprint density at radius 3 is 2.71 bits per heavy atom. The van der Waals surface area contributed by atoms with E-state index in [0.717, 1.165) is 27.0 Å². The van der Waals surface area contributed by atoms with E-state index in [2.05, 4.69) is 31.9 Å². The number of carbonyl (C=O) groups excluding carboxylic acids is 1. The van der Waals surface area contributed by atoms with Gasteiger partial charge in [-0.3, -0.25) is 4.79 Å². The highest BCUT2D eigenvalue weighted by molar-refractivity contribution is 9.10. The minimum absolute atomic E-state index is 0.127. The Labute approximate surface area is 124 Å². The molecule has 1 aromatic rings. The SMILES string of the molecule is CCCC(=O)C(Br)Cc1cc(Cl)c(C)cc1Br. The molecule has 0 aliphatic carbocycles. The molecular formula is C13H15Br2ClO. The third kappa shape index (κ3) is 4.38. The molecule has 0 fully saturated rings. The number of carbonyl (C=O) groups is 1. The summed E-state index contributed by atoms with van der Waals surface area (Å²) in [5, 5.41) is 0.742. The van der Waals surface area contributed by atoms with Gasteiger partial charge in [-0.1, -0.05) is 50.4 Å². The van der Waals surface area contributed by atoms with Crippen LogP contribution in [0.5, 0.6) is 0 Å². The average Bonchev–Trinajstić information content (AvgIpc) is 2.26. The zero-order valence-electron chi connectivity index (χ0n) is 9.90. The summed E-state index contributed by atoms with van der Waals surface area (Å²) < 4.78 is 1.01. The molecule has 1 atom stereocenters. The van der Waals surface area contributed by atoms with Crippen LogP contribution in [0.1, 0.15) is 30.9 Å². The predicted molar refractivity (Wildman–Crippen MR) is 80.2 cm³/mol. The number of ketones is 1. The van der Waals surface area contributed by atoms with E-state index in [1.165, 1.54) is 0 Å². The van der Waals surface area contributed by atoms with E-state index in [0.29, 0.717) is 12.8 Å². The van der Waals surface area contributed by atoms with Gasteiger partial charge in [0.05, 0.1) is 4.83 Å². The fourth-order valence-corrected chi connectivity index (χ4v) is 2.94. The molecule has 94 valence electrons. The summed E-state index contributed by atoms with van der Waals surface area (Å²) in [6.07, 6.45) is 2.17. The molecular weight excluding hydrogens is 367 g/mol. The highest BCUT2D eigenvalue weighted by atomic mass is 79.9. The Bertz CT molecular complexity index is 418. The van der Waals surface area contributed by atoms with Gasteiger partial charge in [0.25, 0.3) is 0 Å². The first-order chi connectivity index (χ1) is 7.95. The predicted octanol–water partition coefficient (Wildman–Crippen LogP) is 5.09. The van der Waals surface area contributed by atoms with Gasteiger partial charge >= 0.3 is 0 Å². The van der Waals surface area contributed by atoms with Crippen molar-refractivity contribution in [2.24, 2.45) is 0 Å². The van der Waals surface area contributed by atoms with Crippen LogP contribution in [0.3, 0.4) is 0 Å². The lowest BCUT2D eigenvalue weighted by molar-refractivity contribution is -0.118. The normalized spacial score (nSPS) is 12.5. The Balaban J connectivity index is 2.81. The van der Waals surface area contributed by atoms with Gasteiger partial charge in [-0.05, 0) is 43.0 Å². The average molecular weight is 383 g/mol. The van der Waals surface area contributed by atoms with Crippen LogP contribution in [-0.4, -0.2) is 10.6 Å². The van der Waals surface area contributed by atoms with Gasteiger partial charge in [0.15, 0.2) is 0 Å². The van der Waals surface area contributed by atoms with Crippen molar-refractivity contribution < 1.29 is 4.79 Å². The summed E-state index contributed by atoms with van der Waals surface area (Å²) >= 11 is 13.0. The van der Waals surface area contributed by atoms with Gasteiger partial charge in [-0.15, -0.1) is 0 Å². The minimum Gasteiger partial charge on any atom is -0.298 e. The van der Waals surface area contributed by atoms with Crippen molar-refractivity contribution in [3.8, 4) is 0 Å². The van der Waals surface area contributed by atoms with E-state index in [4.69, 9.17) is 11.6 Å². The van der Waals surface area contributed by atoms with Crippen molar-refractivity contribution in [1.82, 2.24) is 0 Å². The number of aryl methyl sites for hydroxylation is 1. The maximum absolute atomic E-state index is 11.7. The molecule has 0 aromatic heterocycles. The van der Waals surface area contributed by atoms with E-state index in [-0.39, 0.29) is 10.6 Å². The molecule has 0 aliphatic heterocycles. The maximum atomic E-state index is 11.7. The number of Topliss-reactive ketones (excluding diaryl/α,β-unsaturated/α-hetero) is 1. The Morgan fingerprint density at radius 2 is 2.12 bits per heavy atom. The lowest BCUT2D eigenvalue weighted by Crippen LogP contribution is -2.16. The fourth-order valence-electron chi connectivity index (χ4n) is 1.55. The molecule has 0 saturated carbocycles. The second kappa shape index (κ2) is 6.91. The van der Waals surface area contributed by atoms with Crippen LogP contribution in [0.15, 0.2) is 16.6 Å². The Hall–Kier alpha value is 0.140. The second-order valence-corrected chi connectivity index (χ2v) is 6.45. The lowest BCUT2D eigenvalue weighted by Gasteiger charge is -2.11. The van der Waals surface area contributed by atoms with Crippen LogP contribution in [0.2, 0.25) is 5.02 Å². The number of rotatable bonds is 5. The molecule has 0 saturated heterocycles. The second-order valence-electron chi connectivity index (χ2n) is 4.08. The molecule has 1 unspecified atom stereocenters. The van der Waals surface area contributed by atoms with E-state index >= 15 is 0 Å². The molecule has 0 amide bonds. The van der Waals surface area contributed by atoms with E-state index < -0.39 is 0 Å². The Kier molecular flexibility index (Phi) is 6.18. The van der Waals surface area contributed by atoms with E-state index in [1.54, 1.807) is 0 Å². The Morgan fingerprint density at radius 1 is 1.47 bits per heavy atom. The van der Waals surface area contributed by atoms with Gasteiger partial charge < -0.3 is 0 Å². The van der Waals surface area contributed by atoms with E-state index in [9.17, 15) is 4.79 Å². The van der Waals surface area contributed by atoms with Crippen LogP contribution < -0.4 is 0 Å². The number of alkyl halides is 1. The van der Waals surface area contributed by atoms with Crippen molar-refractivity contribution in [2.75, 3.05) is 0 Å². The van der Waals surface area contributed by atoms with Crippen LogP contribution in [0, 0.1) is 6.92 Å². The highest BCUT2D eigenvalue weighted by Gasteiger charge is 2.16. The topological polar surface area (TPSA) is 17.1 Å². The van der Waals surface area contributed by atoms with Crippen molar-refractivity contribution in [3.63, 3.8) is 0 Å². The van der Waals surface area contributed by atoms with Crippen LogP contribution >= 0.6 is 43.5 Å². The molecule has 1 aromatic carbocycles. The molecule has 1 nitrogen and oxygen atoms in total. The first-order valence-corrected chi connectivity index (χ1v) is 7.65. The number of hydrogen-bond acceptors (Lipinski definition) is 1.